The third-order valence-corrected chi connectivity index (χ3v) is 3.80. The summed E-state index contributed by atoms with van der Waals surface area (Å²) in [6, 6.07) is 8.54. The maximum atomic E-state index is 5.30. The molecule has 1 aromatic carbocycles. The summed E-state index contributed by atoms with van der Waals surface area (Å²) in [7, 11) is 0. The molecule has 1 heterocycles. The summed E-state index contributed by atoms with van der Waals surface area (Å²) in [4.78, 5) is 4.63. The third kappa shape index (κ3) is 3.25. The van der Waals surface area contributed by atoms with Crippen LogP contribution in [0.5, 0.6) is 0 Å². The van der Waals surface area contributed by atoms with Crippen molar-refractivity contribution in [2.24, 2.45) is 0 Å². The topological polar surface area (TPSA) is 34.1 Å². The monoisotopic (exact) mass is 250 g/mol. The molecule has 0 saturated carbocycles. The van der Waals surface area contributed by atoms with E-state index in [0.717, 1.165) is 30.3 Å². The molecule has 0 aliphatic carbocycles. The molecular weight excluding hydrogens is 232 g/mol. The van der Waals surface area contributed by atoms with Crippen LogP contribution < -0.4 is 5.32 Å². The van der Waals surface area contributed by atoms with Crippen LogP contribution in [0, 0.1) is 0 Å². The summed E-state index contributed by atoms with van der Waals surface area (Å²) in [6.07, 6.45) is 0. The molecule has 2 aromatic rings. The van der Waals surface area contributed by atoms with Gasteiger partial charge in [0.2, 0.25) is 0 Å². The van der Waals surface area contributed by atoms with E-state index >= 15 is 0 Å². The van der Waals surface area contributed by atoms with Crippen molar-refractivity contribution in [1.82, 2.24) is 10.3 Å². The molecule has 1 atom stereocenters. The second-order valence-corrected chi connectivity index (χ2v) is 4.95. The Morgan fingerprint density at radius 1 is 1.41 bits per heavy atom. The van der Waals surface area contributed by atoms with Crippen molar-refractivity contribution in [2.45, 2.75) is 19.9 Å². The lowest BCUT2D eigenvalue weighted by molar-refractivity contribution is 0.147. The molecule has 1 N–H and O–H groups in total. The third-order valence-electron chi connectivity index (χ3n) is 2.58. The molecule has 1 unspecified atom stereocenters. The summed E-state index contributed by atoms with van der Waals surface area (Å²) in [5.41, 5.74) is 1.09. The largest absolute Gasteiger partial charge is 0.380 e. The fourth-order valence-corrected chi connectivity index (χ4v) is 2.65. The van der Waals surface area contributed by atoms with Crippen LogP contribution in [0.25, 0.3) is 10.2 Å². The van der Waals surface area contributed by atoms with Crippen molar-refractivity contribution >= 4 is 21.6 Å². The van der Waals surface area contributed by atoms with Crippen molar-refractivity contribution < 1.29 is 4.74 Å². The number of aromatic nitrogens is 1. The second-order valence-electron chi connectivity index (χ2n) is 3.89. The molecule has 0 aliphatic rings. The minimum atomic E-state index is 0.285. The van der Waals surface area contributed by atoms with E-state index in [1.807, 2.05) is 13.0 Å². The van der Waals surface area contributed by atoms with Crippen LogP contribution in [0.3, 0.4) is 0 Å². The average Bonchev–Trinajstić information content (AvgIpc) is 2.78. The lowest BCUT2D eigenvalue weighted by Gasteiger charge is -2.10. The van der Waals surface area contributed by atoms with Crippen molar-refractivity contribution in [1.29, 1.82) is 0 Å². The van der Waals surface area contributed by atoms with Crippen LogP contribution in [0.1, 0.15) is 24.9 Å². The molecular formula is C13H18N2OS. The Labute approximate surface area is 106 Å². The highest BCUT2D eigenvalue weighted by Crippen LogP contribution is 2.25. The molecule has 0 bridgehead atoms. The number of hydrogen-bond acceptors (Lipinski definition) is 4. The number of benzene rings is 1. The van der Waals surface area contributed by atoms with Crippen LogP contribution in [-0.4, -0.2) is 24.7 Å². The number of thiazole rings is 1. The van der Waals surface area contributed by atoms with Gasteiger partial charge in [-0.1, -0.05) is 12.1 Å². The van der Waals surface area contributed by atoms with Gasteiger partial charge in [-0.3, -0.25) is 0 Å². The van der Waals surface area contributed by atoms with E-state index in [-0.39, 0.29) is 6.04 Å². The predicted octanol–water partition coefficient (Wildman–Crippen LogP) is 2.98. The van der Waals surface area contributed by atoms with Crippen LogP contribution in [0.15, 0.2) is 24.3 Å². The van der Waals surface area contributed by atoms with E-state index in [1.165, 1.54) is 4.70 Å². The fraction of sp³-hybridized carbons (Fsp3) is 0.462. The van der Waals surface area contributed by atoms with Gasteiger partial charge in [-0.15, -0.1) is 11.3 Å². The molecule has 0 fully saturated rings. The number of fused-ring (bicyclic) bond motifs is 1. The highest BCUT2D eigenvalue weighted by Gasteiger charge is 2.10. The average molecular weight is 250 g/mol. The summed E-state index contributed by atoms with van der Waals surface area (Å²) < 4.78 is 6.55. The lowest BCUT2D eigenvalue weighted by atomic mass is 10.3. The highest BCUT2D eigenvalue weighted by molar-refractivity contribution is 7.18. The maximum Gasteiger partial charge on any atom is 0.111 e. The Bertz CT molecular complexity index is 436. The first-order chi connectivity index (χ1) is 8.31. The number of nitrogens with one attached hydrogen (secondary N) is 1. The smallest absolute Gasteiger partial charge is 0.111 e. The highest BCUT2D eigenvalue weighted by atomic mass is 32.1. The first-order valence-electron chi connectivity index (χ1n) is 5.98. The van der Waals surface area contributed by atoms with E-state index in [4.69, 9.17) is 4.74 Å². The van der Waals surface area contributed by atoms with Crippen LogP contribution in [-0.2, 0) is 4.74 Å². The summed E-state index contributed by atoms with van der Waals surface area (Å²) in [6.45, 7) is 6.55. The Morgan fingerprint density at radius 2 is 2.24 bits per heavy atom. The van der Waals surface area contributed by atoms with Crippen molar-refractivity contribution in [3.63, 3.8) is 0 Å². The van der Waals surface area contributed by atoms with Gasteiger partial charge in [0, 0.05) is 13.2 Å². The molecule has 3 nitrogen and oxygen atoms in total. The van der Waals surface area contributed by atoms with E-state index in [1.54, 1.807) is 11.3 Å². The predicted molar refractivity (Wildman–Crippen MR) is 72.5 cm³/mol. The maximum absolute atomic E-state index is 5.30. The molecule has 4 heteroatoms. The SMILES string of the molecule is CCOCCNC(C)c1nc2ccccc2s1. The minimum absolute atomic E-state index is 0.285. The summed E-state index contributed by atoms with van der Waals surface area (Å²) in [5.74, 6) is 0. The molecule has 0 aliphatic heterocycles. The van der Waals surface area contributed by atoms with Crippen molar-refractivity contribution in [3.05, 3.63) is 29.3 Å². The minimum Gasteiger partial charge on any atom is -0.380 e. The molecule has 0 saturated heterocycles. The van der Waals surface area contributed by atoms with Gasteiger partial charge in [0.05, 0.1) is 22.9 Å². The van der Waals surface area contributed by atoms with Gasteiger partial charge in [-0.05, 0) is 26.0 Å². The first-order valence-corrected chi connectivity index (χ1v) is 6.79. The fourth-order valence-electron chi connectivity index (χ4n) is 1.65. The summed E-state index contributed by atoms with van der Waals surface area (Å²) >= 11 is 1.75. The van der Waals surface area contributed by atoms with Crippen LogP contribution in [0.4, 0.5) is 0 Å². The van der Waals surface area contributed by atoms with Crippen molar-refractivity contribution in [2.75, 3.05) is 19.8 Å². The molecule has 92 valence electrons. The van der Waals surface area contributed by atoms with Crippen LogP contribution in [0.2, 0.25) is 0 Å². The molecule has 0 spiro atoms. The quantitative estimate of drug-likeness (QED) is 0.800. The molecule has 1 aromatic heterocycles. The van der Waals surface area contributed by atoms with E-state index in [9.17, 15) is 0 Å². The van der Waals surface area contributed by atoms with E-state index < -0.39 is 0 Å². The molecule has 0 radical (unpaired) electrons. The number of ether oxygens (including phenoxy) is 1. The normalized spacial score (nSPS) is 13.1. The molecule has 2 rings (SSSR count). The Kier molecular flexibility index (Phi) is 4.48. The van der Waals surface area contributed by atoms with Gasteiger partial charge in [-0.2, -0.15) is 0 Å². The van der Waals surface area contributed by atoms with Crippen molar-refractivity contribution in [3.8, 4) is 0 Å². The number of hydrogen-bond donors (Lipinski definition) is 1. The van der Waals surface area contributed by atoms with Crippen LogP contribution >= 0.6 is 11.3 Å². The van der Waals surface area contributed by atoms with E-state index in [2.05, 4.69) is 35.4 Å². The molecule has 17 heavy (non-hydrogen) atoms. The number of rotatable bonds is 6. The van der Waals surface area contributed by atoms with Gasteiger partial charge in [0.25, 0.3) is 0 Å². The number of para-hydroxylation sites is 1. The first kappa shape index (κ1) is 12.5. The van der Waals surface area contributed by atoms with Gasteiger partial charge in [-0.25, -0.2) is 4.98 Å². The van der Waals surface area contributed by atoms with Gasteiger partial charge < -0.3 is 10.1 Å². The lowest BCUT2D eigenvalue weighted by Crippen LogP contribution is -2.23. The van der Waals surface area contributed by atoms with E-state index in [0.29, 0.717) is 0 Å². The Balaban J connectivity index is 1.96. The zero-order valence-electron chi connectivity index (χ0n) is 10.3. The molecule has 0 amide bonds. The van der Waals surface area contributed by atoms with Gasteiger partial charge >= 0.3 is 0 Å². The standard InChI is InChI=1S/C13H18N2OS/c1-3-16-9-8-14-10(2)13-15-11-6-4-5-7-12(11)17-13/h4-7,10,14H,3,8-9H2,1-2H3. The zero-order chi connectivity index (χ0) is 12.1. The summed E-state index contributed by atoms with van der Waals surface area (Å²) in [5, 5.41) is 4.56. The van der Waals surface area contributed by atoms with Gasteiger partial charge in [0.1, 0.15) is 5.01 Å². The number of nitrogens with zero attached hydrogens (tertiary/aromatic N) is 1. The zero-order valence-corrected chi connectivity index (χ0v) is 11.1. The Morgan fingerprint density at radius 3 is 3.00 bits per heavy atom. The van der Waals surface area contributed by atoms with Gasteiger partial charge in [0.15, 0.2) is 0 Å². The second kappa shape index (κ2) is 6.10. The Hall–Kier alpha value is -0.970.